The van der Waals surface area contributed by atoms with E-state index in [9.17, 15) is 13.6 Å². The molecule has 160 valence electrons. The highest BCUT2D eigenvalue weighted by atomic mass is 19.1. The molecule has 3 aromatic carbocycles. The Morgan fingerprint density at radius 3 is 2.19 bits per heavy atom. The standard InChI is InChI=1S/C20H19F2NO2.C6H6/c1-2-3-17-10-11-23(20(24)25-17)13-14-4-6-15(7-5-14)18-9-8-16(21)12-19(18)22;1-2-4-6-5-3-1/h2,4-9,12,17H,1,3,10-11,13H2;1-6H. The Morgan fingerprint density at radius 2 is 1.65 bits per heavy atom. The van der Waals surface area contributed by atoms with Gasteiger partial charge in [0.25, 0.3) is 0 Å². The minimum atomic E-state index is -0.601. The highest BCUT2D eigenvalue weighted by Gasteiger charge is 2.26. The van der Waals surface area contributed by atoms with Gasteiger partial charge in [0, 0.05) is 37.6 Å². The second kappa shape index (κ2) is 11.1. The van der Waals surface area contributed by atoms with Crippen LogP contribution in [-0.2, 0) is 11.3 Å². The van der Waals surface area contributed by atoms with E-state index in [4.69, 9.17) is 4.74 Å². The number of ether oxygens (including phenoxy) is 1. The van der Waals surface area contributed by atoms with Gasteiger partial charge in [0.05, 0.1) is 0 Å². The lowest BCUT2D eigenvalue weighted by Crippen LogP contribution is -2.41. The van der Waals surface area contributed by atoms with Crippen LogP contribution in [0.15, 0.2) is 91.5 Å². The third-order valence-electron chi connectivity index (χ3n) is 4.91. The second-order valence-electron chi connectivity index (χ2n) is 7.22. The molecular formula is C26H25F2NO2. The largest absolute Gasteiger partial charge is 0.446 e. The molecule has 1 aliphatic heterocycles. The summed E-state index contributed by atoms with van der Waals surface area (Å²) in [4.78, 5) is 13.7. The maximum absolute atomic E-state index is 13.8. The van der Waals surface area contributed by atoms with Crippen molar-refractivity contribution in [1.29, 1.82) is 0 Å². The van der Waals surface area contributed by atoms with Crippen LogP contribution in [0, 0.1) is 11.6 Å². The number of rotatable bonds is 5. The Hall–Kier alpha value is -3.47. The molecule has 1 unspecified atom stereocenters. The Morgan fingerprint density at radius 1 is 1.00 bits per heavy atom. The van der Waals surface area contributed by atoms with E-state index in [-0.39, 0.29) is 12.2 Å². The number of carbonyl (C=O) groups is 1. The molecule has 0 aromatic heterocycles. The fourth-order valence-corrected chi connectivity index (χ4v) is 3.28. The summed E-state index contributed by atoms with van der Waals surface area (Å²) in [6, 6.07) is 22.7. The molecule has 3 nitrogen and oxygen atoms in total. The van der Waals surface area contributed by atoms with E-state index in [1.807, 2.05) is 48.5 Å². The predicted molar refractivity (Wildman–Crippen MR) is 118 cm³/mol. The number of hydrogen-bond donors (Lipinski definition) is 0. The first-order valence-electron chi connectivity index (χ1n) is 10.2. The fraction of sp³-hybridized carbons (Fsp3) is 0.192. The van der Waals surface area contributed by atoms with Crippen LogP contribution in [0.2, 0.25) is 0 Å². The molecular weight excluding hydrogens is 396 g/mol. The monoisotopic (exact) mass is 421 g/mol. The second-order valence-corrected chi connectivity index (χ2v) is 7.22. The van der Waals surface area contributed by atoms with Gasteiger partial charge >= 0.3 is 6.09 Å². The Balaban J connectivity index is 0.000000391. The normalized spacial score (nSPS) is 15.5. The van der Waals surface area contributed by atoms with Gasteiger partial charge in [-0.15, -0.1) is 6.58 Å². The minimum absolute atomic E-state index is 0.0925. The summed E-state index contributed by atoms with van der Waals surface area (Å²) in [7, 11) is 0. The molecule has 4 rings (SSSR count). The van der Waals surface area contributed by atoms with Crippen molar-refractivity contribution in [2.75, 3.05) is 6.54 Å². The molecule has 0 radical (unpaired) electrons. The van der Waals surface area contributed by atoms with Crippen molar-refractivity contribution >= 4 is 6.09 Å². The molecule has 1 aliphatic rings. The van der Waals surface area contributed by atoms with Crippen molar-refractivity contribution in [2.24, 2.45) is 0 Å². The van der Waals surface area contributed by atoms with Crippen LogP contribution in [0.25, 0.3) is 11.1 Å². The van der Waals surface area contributed by atoms with Crippen LogP contribution in [0.5, 0.6) is 0 Å². The van der Waals surface area contributed by atoms with Crippen LogP contribution in [0.1, 0.15) is 18.4 Å². The van der Waals surface area contributed by atoms with Crippen molar-refractivity contribution in [3.63, 3.8) is 0 Å². The van der Waals surface area contributed by atoms with Gasteiger partial charge in [-0.05, 0) is 23.3 Å². The molecule has 1 fully saturated rings. The molecule has 0 aliphatic carbocycles. The number of amides is 1. The van der Waals surface area contributed by atoms with Gasteiger partial charge in [0.1, 0.15) is 17.7 Å². The molecule has 5 heteroatoms. The zero-order chi connectivity index (χ0) is 22.1. The summed E-state index contributed by atoms with van der Waals surface area (Å²) in [6.07, 6.45) is 2.77. The average molecular weight is 421 g/mol. The van der Waals surface area contributed by atoms with Gasteiger partial charge < -0.3 is 9.64 Å². The molecule has 3 aromatic rings. The Bertz CT molecular complexity index is 963. The third kappa shape index (κ3) is 6.51. The summed E-state index contributed by atoms with van der Waals surface area (Å²) in [5.74, 6) is -1.20. The van der Waals surface area contributed by atoms with E-state index in [2.05, 4.69) is 6.58 Å². The zero-order valence-corrected chi connectivity index (χ0v) is 17.2. The van der Waals surface area contributed by atoms with E-state index < -0.39 is 11.6 Å². The van der Waals surface area contributed by atoms with Crippen molar-refractivity contribution in [3.8, 4) is 11.1 Å². The lowest BCUT2D eigenvalue weighted by Gasteiger charge is -2.31. The van der Waals surface area contributed by atoms with Crippen molar-refractivity contribution in [3.05, 3.63) is 109 Å². The zero-order valence-electron chi connectivity index (χ0n) is 17.2. The SMILES string of the molecule is C=CCC1CCN(Cc2ccc(-c3ccc(F)cc3F)cc2)C(=O)O1.c1ccccc1. The first-order valence-corrected chi connectivity index (χ1v) is 10.2. The summed E-state index contributed by atoms with van der Waals surface area (Å²) < 4.78 is 32.2. The number of carbonyl (C=O) groups excluding carboxylic acids is 1. The topological polar surface area (TPSA) is 29.5 Å². The molecule has 0 N–H and O–H groups in total. The minimum Gasteiger partial charge on any atom is -0.446 e. The predicted octanol–water partition coefficient (Wildman–Crippen LogP) is 6.61. The molecule has 0 saturated carbocycles. The number of cyclic esters (lactones) is 1. The number of benzene rings is 3. The third-order valence-corrected chi connectivity index (χ3v) is 4.91. The van der Waals surface area contributed by atoms with Crippen molar-refractivity contribution < 1.29 is 18.3 Å². The van der Waals surface area contributed by atoms with Gasteiger partial charge in [-0.25, -0.2) is 13.6 Å². The highest BCUT2D eigenvalue weighted by Crippen LogP contribution is 2.25. The number of nitrogens with zero attached hydrogens (tertiary/aromatic N) is 1. The quantitative estimate of drug-likeness (QED) is 0.434. The maximum Gasteiger partial charge on any atom is 0.410 e. The molecule has 31 heavy (non-hydrogen) atoms. The molecule has 0 bridgehead atoms. The van der Waals surface area contributed by atoms with Gasteiger partial charge in [-0.1, -0.05) is 66.7 Å². The van der Waals surface area contributed by atoms with Crippen LogP contribution >= 0.6 is 0 Å². The molecule has 1 heterocycles. The summed E-state index contributed by atoms with van der Waals surface area (Å²) in [5.41, 5.74) is 1.93. The average Bonchev–Trinajstić information content (AvgIpc) is 2.78. The van der Waals surface area contributed by atoms with Gasteiger partial charge in [-0.3, -0.25) is 0 Å². The van der Waals surface area contributed by atoms with Crippen molar-refractivity contribution in [2.45, 2.75) is 25.5 Å². The first-order chi connectivity index (χ1) is 15.1. The fourth-order valence-electron chi connectivity index (χ4n) is 3.28. The van der Waals surface area contributed by atoms with Crippen LogP contribution in [0.3, 0.4) is 0 Å². The summed E-state index contributed by atoms with van der Waals surface area (Å²) >= 11 is 0. The molecule has 1 saturated heterocycles. The summed E-state index contributed by atoms with van der Waals surface area (Å²) in [6.45, 7) is 4.73. The van der Waals surface area contributed by atoms with Crippen LogP contribution in [0.4, 0.5) is 13.6 Å². The smallest absolute Gasteiger partial charge is 0.410 e. The molecule has 0 spiro atoms. The molecule has 1 amide bonds. The van der Waals surface area contributed by atoms with E-state index in [0.717, 1.165) is 18.1 Å². The van der Waals surface area contributed by atoms with E-state index in [1.165, 1.54) is 12.1 Å². The summed E-state index contributed by atoms with van der Waals surface area (Å²) in [5, 5.41) is 0. The Labute approximate surface area is 181 Å². The number of hydrogen-bond acceptors (Lipinski definition) is 2. The Kier molecular flexibility index (Phi) is 7.93. The van der Waals surface area contributed by atoms with Gasteiger partial charge in [-0.2, -0.15) is 0 Å². The van der Waals surface area contributed by atoms with E-state index in [1.54, 1.807) is 23.1 Å². The molecule has 1 atom stereocenters. The lowest BCUT2D eigenvalue weighted by molar-refractivity contribution is 0.0240. The first kappa shape index (κ1) is 22.2. The van der Waals surface area contributed by atoms with Gasteiger partial charge in [0.15, 0.2) is 0 Å². The van der Waals surface area contributed by atoms with Crippen molar-refractivity contribution in [1.82, 2.24) is 4.90 Å². The maximum atomic E-state index is 13.8. The van der Waals surface area contributed by atoms with Gasteiger partial charge in [0.2, 0.25) is 0 Å². The van der Waals surface area contributed by atoms with Crippen LogP contribution in [-0.4, -0.2) is 23.6 Å². The van der Waals surface area contributed by atoms with Crippen LogP contribution < -0.4 is 0 Å². The van der Waals surface area contributed by atoms with E-state index in [0.29, 0.717) is 30.6 Å². The highest BCUT2D eigenvalue weighted by molar-refractivity contribution is 5.69. The lowest BCUT2D eigenvalue weighted by atomic mass is 10.0. The van der Waals surface area contributed by atoms with E-state index >= 15 is 0 Å². The number of halogens is 2.